The first kappa shape index (κ1) is 12.5. The van der Waals surface area contributed by atoms with Crippen LogP contribution in [0.25, 0.3) is 21.9 Å². The smallest absolute Gasteiger partial charge is 0.231 e. The Hall–Kier alpha value is -3.08. The Morgan fingerprint density at radius 1 is 1.04 bits per heavy atom. The van der Waals surface area contributed by atoms with Crippen LogP contribution in [0.1, 0.15) is 16.1 Å². The van der Waals surface area contributed by atoms with Crippen LogP contribution in [0, 0.1) is 0 Å². The lowest BCUT2D eigenvalue weighted by Crippen LogP contribution is -2.12. The fraction of sp³-hybridized carbons (Fsp3) is 0.111. The average molecular weight is 305 g/mol. The Morgan fingerprint density at radius 3 is 2.61 bits per heavy atom. The fourth-order valence-electron chi connectivity index (χ4n) is 3.27. The molecule has 0 amide bonds. The monoisotopic (exact) mass is 305 g/mol. The van der Waals surface area contributed by atoms with Crippen LogP contribution in [0.5, 0.6) is 17.2 Å². The second-order valence-electron chi connectivity index (χ2n) is 5.51. The van der Waals surface area contributed by atoms with Crippen molar-refractivity contribution < 1.29 is 19.0 Å². The van der Waals surface area contributed by atoms with E-state index < -0.39 is 0 Å². The van der Waals surface area contributed by atoms with Crippen LogP contribution < -0.4 is 14.2 Å². The highest BCUT2D eigenvalue weighted by Crippen LogP contribution is 2.45. The highest BCUT2D eigenvalue weighted by atomic mass is 16.7. The van der Waals surface area contributed by atoms with Gasteiger partial charge in [0.05, 0.1) is 7.11 Å². The lowest BCUT2D eigenvalue weighted by Gasteiger charge is -2.20. The largest absolute Gasteiger partial charge is 0.497 e. The molecule has 2 heterocycles. The van der Waals surface area contributed by atoms with Crippen molar-refractivity contribution in [3.8, 4) is 28.4 Å². The van der Waals surface area contributed by atoms with Crippen molar-refractivity contribution in [3.05, 3.63) is 47.8 Å². The van der Waals surface area contributed by atoms with Crippen LogP contribution in [0.15, 0.2) is 36.5 Å². The van der Waals surface area contributed by atoms with Crippen molar-refractivity contribution in [3.63, 3.8) is 0 Å². The van der Waals surface area contributed by atoms with E-state index in [-0.39, 0.29) is 12.6 Å². The molecule has 0 atom stereocenters. The molecule has 2 aliphatic rings. The number of carbonyl (C=O) groups excluding carboxylic acids is 1. The first-order valence-corrected chi connectivity index (χ1v) is 7.22. The number of hydrogen-bond donors (Lipinski definition) is 0. The van der Waals surface area contributed by atoms with E-state index in [1.165, 1.54) is 0 Å². The van der Waals surface area contributed by atoms with E-state index in [0.29, 0.717) is 22.8 Å². The molecule has 0 bridgehead atoms. The van der Waals surface area contributed by atoms with Crippen LogP contribution in [0.3, 0.4) is 0 Å². The first-order chi connectivity index (χ1) is 11.3. The summed E-state index contributed by atoms with van der Waals surface area (Å²) in [6, 6.07) is 9.33. The predicted octanol–water partition coefficient (Wildman–Crippen LogP) is 3.18. The molecule has 1 aliphatic heterocycles. The van der Waals surface area contributed by atoms with E-state index in [1.807, 2.05) is 24.3 Å². The Bertz CT molecular complexity index is 1010. The molecule has 5 nitrogen and oxygen atoms in total. The number of aromatic nitrogens is 1. The zero-order chi connectivity index (χ0) is 15.6. The zero-order valence-electron chi connectivity index (χ0n) is 12.3. The second-order valence-corrected chi connectivity index (χ2v) is 5.51. The maximum absolute atomic E-state index is 12.9. The van der Waals surface area contributed by atoms with Crippen molar-refractivity contribution in [1.29, 1.82) is 0 Å². The minimum atomic E-state index is -0.0958. The SMILES string of the molecule is COc1cc2c3c(nccc3c1)C(=O)c1cc3c(cc1-2)OCO3. The normalized spacial score (nSPS) is 14.0. The predicted molar refractivity (Wildman–Crippen MR) is 83.3 cm³/mol. The van der Waals surface area contributed by atoms with Crippen molar-refractivity contribution in [2.24, 2.45) is 0 Å². The molecule has 0 N–H and O–H groups in total. The molecule has 2 aromatic carbocycles. The molecule has 1 aromatic heterocycles. The third-order valence-electron chi connectivity index (χ3n) is 4.34. The summed E-state index contributed by atoms with van der Waals surface area (Å²) < 4.78 is 16.3. The van der Waals surface area contributed by atoms with Gasteiger partial charge in [0.1, 0.15) is 11.4 Å². The number of carbonyl (C=O) groups is 1. The van der Waals surface area contributed by atoms with Gasteiger partial charge in [0, 0.05) is 17.1 Å². The van der Waals surface area contributed by atoms with Gasteiger partial charge >= 0.3 is 0 Å². The van der Waals surface area contributed by atoms with Gasteiger partial charge in [-0.15, -0.1) is 0 Å². The quantitative estimate of drug-likeness (QED) is 0.540. The molecular formula is C18H11NO4. The van der Waals surface area contributed by atoms with Crippen LogP contribution >= 0.6 is 0 Å². The summed E-state index contributed by atoms with van der Waals surface area (Å²) in [5.41, 5.74) is 2.79. The number of benzene rings is 2. The van der Waals surface area contributed by atoms with E-state index in [4.69, 9.17) is 14.2 Å². The third-order valence-corrected chi connectivity index (χ3v) is 4.34. The van der Waals surface area contributed by atoms with E-state index in [0.717, 1.165) is 27.6 Å². The number of fused-ring (bicyclic) bond motifs is 3. The van der Waals surface area contributed by atoms with Crippen LogP contribution in [0.4, 0.5) is 0 Å². The van der Waals surface area contributed by atoms with Crippen LogP contribution in [0.2, 0.25) is 0 Å². The summed E-state index contributed by atoms with van der Waals surface area (Å²) in [5, 5.41) is 1.78. The third kappa shape index (κ3) is 1.56. The van der Waals surface area contributed by atoms with Gasteiger partial charge in [-0.05, 0) is 46.8 Å². The number of nitrogens with zero attached hydrogens (tertiary/aromatic N) is 1. The van der Waals surface area contributed by atoms with Gasteiger partial charge in [-0.1, -0.05) is 0 Å². The van der Waals surface area contributed by atoms with Crippen LogP contribution in [-0.2, 0) is 0 Å². The molecular weight excluding hydrogens is 294 g/mol. The van der Waals surface area contributed by atoms with Gasteiger partial charge in [-0.2, -0.15) is 0 Å². The van der Waals surface area contributed by atoms with Gasteiger partial charge in [0.15, 0.2) is 11.5 Å². The van der Waals surface area contributed by atoms with E-state index >= 15 is 0 Å². The van der Waals surface area contributed by atoms with Crippen molar-refractivity contribution in [1.82, 2.24) is 4.98 Å². The fourth-order valence-corrected chi connectivity index (χ4v) is 3.27. The Labute approximate surface area is 131 Å². The minimum absolute atomic E-state index is 0.0958. The van der Waals surface area contributed by atoms with Gasteiger partial charge in [0.2, 0.25) is 12.6 Å². The summed E-state index contributed by atoms with van der Waals surface area (Å²) >= 11 is 0. The zero-order valence-corrected chi connectivity index (χ0v) is 12.3. The highest BCUT2D eigenvalue weighted by Gasteiger charge is 2.30. The molecule has 5 heteroatoms. The maximum Gasteiger partial charge on any atom is 0.231 e. The maximum atomic E-state index is 12.9. The topological polar surface area (TPSA) is 57.7 Å². The second kappa shape index (κ2) is 4.23. The molecule has 0 unspecified atom stereocenters. The van der Waals surface area contributed by atoms with E-state index in [2.05, 4.69) is 4.98 Å². The van der Waals surface area contributed by atoms with E-state index in [9.17, 15) is 4.79 Å². The lowest BCUT2D eigenvalue weighted by atomic mass is 9.85. The summed E-state index contributed by atoms with van der Waals surface area (Å²) in [7, 11) is 1.63. The number of pyridine rings is 1. The molecule has 0 saturated heterocycles. The molecule has 5 rings (SSSR count). The standard InChI is InChI=1S/C18H11NO4/c1-21-10-4-9-2-3-19-17-16(9)12(5-10)11-6-14-15(23-8-22-14)7-13(11)18(17)20/h2-7H,8H2,1H3. The van der Waals surface area contributed by atoms with Crippen LogP contribution in [-0.4, -0.2) is 24.7 Å². The molecule has 0 radical (unpaired) electrons. The number of rotatable bonds is 1. The summed E-state index contributed by atoms with van der Waals surface area (Å²) in [5.74, 6) is 1.89. The highest BCUT2D eigenvalue weighted by molar-refractivity contribution is 6.25. The summed E-state index contributed by atoms with van der Waals surface area (Å²) in [6.07, 6.45) is 1.65. The summed E-state index contributed by atoms with van der Waals surface area (Å²) in [6.45, 7) is 0.172. The Balaban J connectivity index is 1.94. The van der Waals surface area contributed by atoms with E-state index in [1.54, 1.807) is 19.4 Å². The molecule has 3 aromatic rings. The van der Waals surface area contributed by atoms with Crippen molar-refractivity contribution >= 4 is 16.6 Å². The number of hydrogen-bond acceptors (Lipinski definition) is 5. The first-order valence-electron chi connectivity index (χ1n) is 7.22. The molecule has 112 valence electrons. The molecule has 1 aliphatic carbocycles. The number of ether oxygens (including phenoxy) is 3. The minimum Gasteiger partial charge on any atom is -0.497 e. The average Bonchev–Trinajstić information content (AvgIpc) is 3.05. The molecule has 0 spiro atoms. The van der Waals surface area contributed by atoms with Crippen molar-refractivity contribution in [2.45, 2.75) is 0 Å². The van der Waals surface area contributed by atoms with Gasteiger partial charge in [-0.3, -0.25) is 9.78 Å². The van der Waals surface area contributed by atoms with Crippen molar-refractivity contribution in [2.75, 3.05) is 13.9 Å². The molecule has 23 heavy (non-hydrogen) atoms. The Kier molecular flexibility index (Phi) is 2.29. The lowest BCUT2D eigenvalue weighted by molar-refractivity contribution is 0.103. The van der Waals surface area contributed by atoms with Gasteiger partial charge in [-0.25, -0.2) is 0 Å². The summed E-state index contributed by atoms with van der Waals surface area (Å²) in [4.78, 5) is 17.2. The van der Waals surface area contributed by atoms with Gasteiger partial charge < -0.3 is 14.2 Å². The Morgan fingerprint density at radius 2 is 1.83 bits per heavy atom. The molecule has 0 saturated carbocycles. The number of ketones is 1. The number of methoxy groups -OCH3 is 1. The molecule has 0 fully saturated rings. The van der Waals surface area contributed by atoms with Gasteiger partial charge in [0.25, 0.3) is 0 Å².